The second-order valence-electron chi connectivity index (χ2n) is 5.50. The van der Waals surface area contributed by atoms with Gasteiger partial charge in [-0.05, 0) is 37.0 Å². The number of ketones is 1. The third-order valence-corrected chi connectivity index (χ3v) is 3.38. The van der Waals surface area contributed by atoms with Crippen molar-refractivity contribution in [2.24, 2.45) is 0 Å². The lowest BCUT2D eigenvalue weighted by molar-refractivity contribution is 0.101. The maximum absolute atomic E-state index is 11.7. The van der Waals surface area contributed by atoms with E-state index in [1.165, 1.54) is 13.1 Å². The number of nitrogens with zero attached hydrogens (tertiary/aromatic N) is 2. The van der Waals surface area contributed by atoms with Crippen LogP contribution >= 0.6 is 0 Å². The molecule has 1 aromatic carbocycles. The van der Waals surface area contributed by atoms with Crippen molar-refractivity contribution in [2.75, 3.05) is 11.5 Å². The molecule has 22 heavy (non-hydrogen) atoms. The maximum Gasteiger partial charge on any atom is 0.222 e. The van der Waals surface area contributed by atoms with Crippen LogP contribution in [-0.4, -0.2) is 15.8 Å². The zero-order valence-corrected chi connectivity index (χ0v) is 13.2. The van der Waals surface area contributed by atoms with E-state index < -0.39 is 0 Å². The number of nitrogen functional groups attached to an aromatic ring is 2. The lowest BCUT2D eigenvalue weighted by Gasteiger charge is -2.17. The highest BCUT2D eigenvalue weighted by Crippen LogP contribution is 2.34. The standard InChI is InChI=1S/C16H20N4O2/c1-8(2)11-5-9(3)12(10(4)21)6-13(11)22-14-7-19-16(18)20-15(14)17/h5-8H,1-4H3,(H4,17,18,19,20). The Hall–Kier alpha value is -2.63. The Bertz CT molecular complexity index is 726. The van der Waals surface area contributed by atoms with Gasteiger partial charge in [-0.2, -0.15) is 4.98 Å². The number of aryl methyl sites for hydroxylation is 1. The Morgan fingerprint density at radius 2 is 1.91 bits per heavy atom. The normalized spacial score (nSPS) is 10.8. The molecular formula is C16H20N4O2. The Morgan fingerprint density at radius 1 is 1.23 bits per heavy atom. The van der Waals surface area contributed by atoms with Crippen molar-refractivity contribution in [3.63, 3.8) is 0 Å². The third kappa shape index (κ3) is 3.16. The van der Waals surface area contributed by atoms with Crippen molar-refractivity contribution in [3.05, 3.63) is 35.0 Å². The molecule has 0 saturated carbocycles. The van der Waals surface area contributed by atoms with E-state index in [0.29, 0.717) is 17.1 Å². The van der Waals surface area contributed by atoms with Gasteiger partial charge in [0.05, 0.1) is 6.20 Å². The number of hydrogen-bond acceptors (Lipinski definition) is 6. The topological polar surface area (TPSA) is 104 Å². The van der Waals surface area contributed by atoms with Crippen molar-refractivity contribution in [2.45, 2.75) is 33.6 Å². The second kappa shape index (κ2) is 6.01. The molecule has 2 rings (SSSR count). The largest absolute Gasteiger partial charge is 0.452 e. The van der Waals surface area contributed by atoms with Crippen LogP contribution in [0.5, 0.6) is 11.5 Å². The summed E-state index contributed by atoms with van der Waals surface area (Å²) in [6.45, 7) is 7.55. The van der Waals surface area contributed by atoms with Crippen molar-refractivity contribution >= 4 is 17.5 Å². The van der Waals surface area contributed by atoms with E-state index in [0.717, 1.165) is 11.1 Å². The van der Waals surface area contributed by atoms with Gasteiger partial charge in [-0.25, -0.2) is 4.98 Å². The third-order valence-electron chi connectivity index (χ3n) is 3.38. The first-order valence-electron chi connectivity index (χ1n) is 7.01. The SMILES string of the molecule is CC(=O)c1cc(Oc2cnc(N)nc2N)c(C(C)C)cc1C. The molecule has 0 saturated heterocycles. The molecule has 0 fully saturated rings. The summed E-state index contributed by atoms with van der Waals surface area (Å²) >= 11 is 0. The molecule has 0 aliphatic heterocycles. The van der Waals surface area contributed by atoms with Gasteiger partial charge in [-0.3, -0.25) is 4.79 Å². The van der Waals surface area contributed by atoms with Crippen LogP contribution in [0.4, 0.5) is 11.8 Å². The number of benzene rings is 1. The van der Waals surface area contributed by atoms with E-state index in [1.54, 1.807) is 6.07 Å². The molecular weight excluding hydrogens is 280 g/mol. The van der Waals surface area contributed by atoms with Gasteiger partial charge in [0.2, 0.25) is 5.95 Å². The Balaban J connectivity index is 2.52. The summed E-state index contributed by atoms with van der Waals surface area (Å²) in [6.07, 6.45) is 1.43. The summed E-state index contributed by atoms with van der Waals surface area (Å²) in [5.41, 5.74) is 13.8. The minimum absolute atomic E-state index is 0.0146. The number of rotatable bonds is 4. The molecule has 0 aliphatic rings. The van der Waals surface area contributed by atoms with E-state index in [-0.39, 0.29) is 23.5 Å². The van der Waals surface area contributed by atoms with Gasteiger partial charge in [0.25, 0.3) is 0 Å². The van der Waals surface area contributed by atoms with Crippen molar-refractivity contribution in [1.29, 1.82) is 0 Å². The van der Waals surface area contributed by atoms with Gasteiger partial charge >= 0.3 is 0 Å². The number of carbonyl (C=O) groups is 1. The van der Waals surface area contributed by atoms with Crippen LogP contribution in [0.25, 0.3) is 0 Å². The maximum atomic E-state index is 11.7. The number of Topliss-reactive ketones (excluding diaryl/α,β-unsaturated/α-hetero) is 1. The summed E-state index contributed by atoms with van der Waals surface area (Å²) in [6, 6.07) is 3.70. The van der Waals surface area contributed by atoms with Gasteiger partial charge < -0.3 is 16.2 Å². The molecule has 6 heteroatoms. The Kier molecular flexibility index (Phi) is 4.30. The fraction of sp³-hybridized carbons (Fsp3) is 0.312. The highest BCUT2D eigenvalue weighted by atomic mass is 16.5. The van der Waals surface area contributed by atoms with Crippen molar-refractivity contribution in [1.82, 2.24) is 9.97 Å². The van der Waals surface area contributed by atoms with Gasteiger partial charge in [-0.1, -0.05) is 19.9 Å². The van der Waals surface area contributed by atoms with Gasteiger partial charge in [0, 0.05) is 5.56 Å². The van der Waals surface area contributed by atoms with Gasteiger partial charge in [-0.15, -0.1) is 0 Å². The molecule has 0 atom stereocenters. The molecule has 6 nitrogen and oxygen atoms in total. The summed E-state index contributed by atoms with van der Waals surface area (Å²) in [5.74, 6) is 1.35. The molecule has 0 aliphatic carbocycles. The molecule has 0 bridgehead atoms. The lowest BCUT2D eigenvalue weighted by Crippen LogP contribution is -2.05. The average Bonchev–Trinajstić information content (AvgIpc) is 2.42. The predicted octanol–water partition coefficient (Wildman–Crippen LogP) is 3.07. The molecule has 0 radical (unpaired) electrons. The molecule has 4 N–H and O–H groups in total. The fourth-order valence-corrected chi connectivity index (χ4v) is 2.22. The minimum atomic E-state index is -0.0146. The zero-order chi connectivity index (χ0) is 16.4. The van der Waals surface area contributed by atoms with E-state index in [1.807, 2.05) is 13.0 Å². The second-order valence-corrected chi connectivity index (χ2v) is 5.50. The highest BCUT2D eigenvalue weighted by Gasteiger charge is 2.16. The monoisotopic (exact) mass is 300 g/mol. The van der Waals surface area contributed by atoms with E-state index >= 15 is 0 Å². The fourth-order valence-electron chi connectivity index (χ4n) is 2.22. The first kappa shape index (κ1) is 15.8. The van der Waals surface area contributed by atoms with Crippen molar-refractivity contribution < 1.29 is 9.53 Å². The van der Waals surface area contributed by atoms with Gasteiger partial charge in [0.15, 0.2) is 17.4 Å². The Morgan fingerprint density at radius 3 is 2.45 bits per heavy atom. The summed E-state index contributed by atoms with van der Waals surface area (Å²) < 4.78 is 5.84. The van der Waals surface area contributed by atoms with Gasteiger partial charge in [0.1, 0.15) is 5.75 Å². The molecule has 1 heterocycles. The van der Waals surface area contributed by atoms with Crippen LogP contribution < -0.4 is 16.2 Å². The van der Waals surface area contributed by atoms with Crippen LogP contribution in [0.15, 0.2) is 18.3 Å². The van der Waals surface area contributed by atoms with E-state index in [4.69, 9.17) is 16.2 Å². The average molecular weight is 300 g/mol. The van der Waals surface area contributed by atoms with E-state index in [9.17, 15) is 4.79 Å². The smallest absolute Gasteiger partial charge is 0.222 e. The van der Waals surface area contributed by atoms with Crippen LogP contribution in [0.2, 0.25) is 0 Å². The number of hydrogen-bond donors (Lipinski definition) is 2. The first-order chi connectivity index (χ1) is 10.3. The molecule has 116 valence electrons. The number of nitrogens with two attached hydrogens (primary N) is 2. The first-order valence-corrected chi connectivity index (χ1v) is 7.01. The molecule has 0 unspecified atom stereocenters. The highest BCUT2D eigenvalue weighted by molar-refractivity contribution is 5.96. The van der Waals surface area contributed by atoms with Crippen LogP contribution in [-0.2, 0) is 0 Å². The van der Waals surface area contributed by atoms with E-state index in [2.05, 4.69) is 23.8 Å². The number of aromatic nitrogens is 2. The van der Waals surface area contributed by atoms with Crippen LogP contribution in [0.1, 0.15) is 48.2 Å². The quantitative estimate of drug-likeness (QED) is 0.841. The Labute approximate surface area is 129 Å². The molecule has 0 spiro atoms. The van der Waals surface area contributed by atoms with Crippen LogP contribution in [0.3, 0.4) is 0 Å². The van der Waals surface area contributed by atoms with Crippen molar-refractivity contribution in [3.8, 4) is 11.5 Å². The minimum Gasteiger partial charge on any atom is -0.452 e. The zero-order valence-electron chi connectivity index (χ0n) is 13.2. The molecule has 0 amide bonds. The number of carbonyl (C=O) groups excluding carboxylic acids is 1. The summed E-state index contributed by atoms with van der Waals surface area (Å²) in [7, 11) is 0. The molecule has 1 aromatic heterocycles. The predicted molar refractivity (Wildman–Crippen MR) is 86.2 cm³/mol. The van der Waals surface area contributed by atoms with Crippen LogP contribution in [0, 0.1) is 6.92 Å². The molecule has 2 aromatic rings. The number of anilines is 2. The lowest BCUT2D eigenvalue weighted by atomic mass is 9.95. The number of ether oxygens (including phenoxy) is 1. The summed E-state index contributed by atoms with van der Waals surface area (Å²) in [4.78, 5) is 19.5. The summed E-state index contributed by atoms with van der Waals surface area (Å²) in [5, 5.41) is 0.